The van der Waals surface area contributed by atoms with Crippen LogP contribution >= 0.6 is 0 Å². The number of carbonyl (C=O) groups excluding carboxylic acids is 1. The number of hydrazone groups is 1. The number of hydrogen-bond donors (Lipinski definition) is 3. The van der Waals surface area contributed by atoms with Crippen molar-refractivity contribution in [1.82, 2.24) is 10.4 Å². The molecule has 1 atom stereocenters. The molecule has 5 heteroatoms. The van der Waals surface area contributed by atoms with E-state index in [4.69, 9.17) is 5.73 Å². The molecule has 3 rings (SSSR count). The third-order valence-corrected chi connectivity index (χ3v) is 3.81. The molecule has 0 aliphatic carbocycles. The molecule has 5 nitrogen and oxygen atoms in total. The van der Waals surface area contributed by atoms with Crippen molar-refractivity contribution in [3.63, 3.8) is 0 Å². The minimum Gasteiger partial charge on any atom is -0.358 e. The van der Waals surface area contributed by atoms with Gasteiger partial charge < -0.3 is 10.7 Å². The van der Waals surface area contributed by atoms with Gasteiger partial charge in [-0.25, -0.2) is 10.2 Å². The van der Waals surface area contributed by atoms with Crippen LogP contribution in [0.1, 0.15) is 22.7 Å². The molecule has 0 spiro atoms. The number of nitrogens with two attached hydrogens (primary N) is 1. The summed E-state index contributed by atoms with van der Waals surface area (Å²) in [6.45, 7) is 2.04. The fourth-order valence-electron chi connectivity index (χ4n) is 2.86. The third-order valence-electron chi connectivity index (χ3n) is 3.81. The molecule has 0 saturated carbocycles. The number of hydrogen-bond acceptors (Lipinski definition) is 2. The van der Waals surface area contributed by atoms with Gasteiger partial charge in [-0.3, -0.25) is 0 Å². The van der Waals surface area contributed by atoms with Gasteiger partial charge in [-0.15, -0.1) is 0 Å². The summed E-state index contributed by atoms with van der Waals surface area (Å²) in [6, 6.07) is 17.5. The van der Waals surface area contributed by atoms with E-state index < -0.39 is 6.03 Å². The average Bonchev–Trinajstić information content (AvgIpc) is 2.88. The Morgan fingerprint density at radius 2 is 1.87 bits per heavy atom. The van der Waals surface area contributed by atoms with Gasteiger partial charge in [-0.05, 0) is 24.1 Å². The number of amides is 2. The number of carbonyl (C=O) groups is 1. The van der Waals surface area contributed by atoms with Crippen molar-refractivity contribution in [1.29, 1.82) is 0 Å². The lowest BCUT2D eigenvalue weighted by atomic mass is 9.90. The summed E-state index contributed by atoms with van der Waals surface area (Å²) in [5, 5.41) is 5.13. The van der Waals surface area contributed by atoms with Gasteiger partial charge in [0.05, 0.1) is 0 Å². The van der Waals surface area contributed by atoms with Gasteiger partial charge in [0.2, 0.25) is 0 Å². The van der Waals surface area contributed by atoms with E-state index in [1.54, 1.807) is 6.21 Å². The lowest BCUT2D eigenvalue weighted by Gasteiger charge is -2.13. The molecule has 4 N–H and O–H groups in total. The highest BCUT2D eigenvalue weighted by molar-refractivity contribution is 5.90. The van der Waals surface area contributed by atoms with E-state index in [0.29, 0.717) is 0 Å². The molecule has 116 valence electrons. The third kappa shape index (κ3) is 3.08. The number of aromatic nitrogens is 1. The number of aromatic amines is 1. The van der Waals surface area contributed by atoms with Crippen LogP contribution in [-0.2, 0) is 0 Å². The van der Waals surface area contributed by atoms with E-state index in [9.17, 15) is 4.79 Å². The Labute approximate surface area is 134 Å². The number of primary amides is 1. The van der Waals surface area contributed by atoms with Crippen LogP contribution in [0.4, 0.5) is 4.79 Å². The number of benzene rings is 2. The van der Waals surface area contributed by atoms with Crippen LogP contribution in [0, 0.1) is 6.92 Å². The van der Waals surface area contributed by atoms with Gasteiger partial charge in [0.1, 0.15) is 0 Å². The van der Waals surface area contributed by atoms with E-state index in [1.807, 2.05) is 55.5 Å². The lowest BCUT2D eigenvalue weighted by Crippen LogP contribution is -2.24. The molecule has 0 bridgehead atoms. The highest BCUT2D eigenvalue weighted by atomic mass is 16.2. The van der Waals surface area contributed by atoms with E-state index in [1.165, 1.54) is 0 Å². The summed E-state index contributed by atoms with van der Waals surface area (Å²) in [5.74, 6) is -0.0841. The zero-order valence-corrected chi connectivity index (χ0v) is 12.8. The first-order chi connectivity index (χ1) is 11.2. The minimum atomic E-state index is -0.677. The molecule has 0 fully saturated rings. The fraction of sp³-hybridized carbons (Fsp3) is 0.111. The van der Waals surface area contributed by atoms with E-state index in [-0.39, 0.29) is 5.92 Å². The molecule has 1 aromatic heterocycles. The van der Waals surface area contributed by atoms with E-state index >= 15 is 0 Å². The van der Waals surface area contributed by atoms with Crippen molar-refractivity contribution in [2.24, 2.45) is 10.8 Å². The Kier molecular flexibility index (Phi) is 4.10. The predicted molar refractivity (Wildman–Crippen MR) is 92.5 cm³/mol. The summed E-state index contributed by atoms with van der Waals surface area (Å²) < 4.78 is 0. The summed E-state index contributed by atoms with van der Waals surface area (Å²) in [5.41, 5.74) is 11.7. The maximum Gasteiger partial charge on any atom is 0.332 e. The molecule has 0 aliphatic rings. The van der Waals surface area contributed by atoms with Gasteiger partial charge in [-0.2, -0.15) is 5.10 Å². The Morgan fingerprint density at radius 3 is 2.61 bits per heavy atom. The lowest BCUT2D eigenvalue weighted by molar-refractivity contribution is 0.249. The van der Waals surface area contributed by atoms with Crippen LogP contribution in [0.2, 0.25) is 0 Å². The molecule has 0 saturated heterocycles. The summed E-state index contributed by atoms with van der Waals surface area (Å²) in [4.78, 5) is 14.3. The fourth-order valence-corrected chi connectivity index (χ4v) is 2.86. The van der Waals surface area contributed by atoms with Crippen LogP contribution in [0.15, 0.2) is 59.7 Å². The summed E-state index contributed by atoms with van der Waals surface area (Å²) in [7, 11) is 0. The Hall–Kier alpha value is -3.08. The highest BCUT2D eigenvalue weighted by Crippen LogP contribution is 2.32. The monoisotopic (exact) mass is 306 g/mol. The molecule has 1 heterocycles. The van der Waals surface area contributed by atoms with Crippen LogP contribution < -0.4 is 11.2 Å². The molecule has 1 unspecified atom stereocenters. The number of H-pyrrole nitrogens is 1. The Balaban J connectivity index is 2.12. The van der Waals surface area contributed by atoms with Crippen LogP contribution in [0.3, 0.4) is 0 Å². The van der Waals surface area contributed by atoms with Gasteiger partial charge in [-0.1, -0.05) is 48.5 Å². The molecular formula is C18H18N4O. The first kappa shape index (κ1) is 14.8. The Bertz CT molecular complexity index is 852. The predicted octanol–water partition coefficient (Wildman–Crippen LogP) is 3.26. The second kappa shape index (κ2) is 6.36. The molecule has 2 amide bonds. The van der Waals surface area contributed by atoms with Crippen molar-refractivity contribution >= 4 is 23.1 Å². The number of fused-ring (bicyclic) bond motifs is 1. The molecule has 3 aromatic rings. The zero-order valence-electron chi connectivity index (χ0n) is 12.8. The molecule has 0 radical (unpaired) electrons. The topological polar surface area (TPSA) is 83.3 Å². The molecule has 0 aliphatic heterocycles. The second-order valence-corrected chi connectivity index (χ2v) is 5.35. The normalized spacial score (nSPS) is 12.6. The van der Waals surface area contributed by atoms with Crippen molar-refractivity contribution in [3.05, 3.63) is 71.4 Å². The van der Waals surface area contributed by atoms with Gasteiger partial charge in [0, 0.05) is 28.7 Å². The molecule has 23 heavy (non-hydrogen) atoms. The van der Waals surface area contributed by atoms with Crippen molar-refractivity contribution in [2.75, 3.05) is 0 Å². The number of rotatable bonds is 4. The quantitative estimate of drug-likeness (QED) is 0.501. The average molecular weight is 306 g/mol. The highest BCUT2D eigenvalue weighted by Gasteiger charge is 2.19. The van der Waals surface area contributed by atoms with Crippen molar-refractivity contribution < 1.29 is 4.79 Å². The second-order valence-electron chi connectivity index (χ2n) is 5.35. The molecular weight excluding hydrogens is 288 g/mol. The SMILES string of the molecule is Cc1[nH]c2ccccc2c1C(/C=N/NC(N)=O)c1ccccc1. The largest absolute Gasteiger partial charge is 0.358 e. The standard InChI is InChI=1S/C18H18N4O/c1-12-17(14-9-5-6-10-16(14)21-12)15(11-20-22-18(19)23)13-7-3-2-4-8-13/h2-11,15,21H,1H3,(H3,19,22,23)/b20-11+. The number of nitrogens with one attached hydrogen (secondary N) is 2. The van der Waals surface area contributed by atoms with Crippen LogP contribution in [-0.4, -0.2) is 17.2 Å². The first-order valence-corrected chi connectivity index (χ1v) is 7.37. The van der Waals surface area contributed by atoms with Crippen molar-refractivity contribution in [3.8, 4) is 0 Å². The van der Waals surface area contributed by atoms with Crippen LogP contribution in [0.25, 0.3) is 10.9 Å². The van der Waals surface area contributed by atoms with E-state index in [2.05, 4.69) is 21.6 Å². The smallest absolute Gasteiger partial charge is 0.332 e. The Morgan fingerprint density at radius 1 is 1.17 bits per heavy atom. The summed E-state index contributed by atoms with van der Waals surface area (Å²) >= 11 is 0. The zero-order chi connectivity index (χ0) is 16.2. The van der Waals surface area contributed by atoms with Crippen LogP contribution in [0.5, 0.6) is 0 Å². The summed E-state index contributed by atoms with van der Waals surface area (Å²) in [6.07, 6.45) is 1.71. The van der Waals surface area contributed by atoms with Crippen molar-refractivity contribution in [2.45, 2.75) is 12.8 Å². The van der Waals surface area contributed by atoms with Gasteiger partial charge in [0.15, 0.2) is 0 Å². The number of aryl methyl sites for hydroxylation is 1. The number of nitrogens with zero attached hydrogens (tertiary/aromatic N) is 1. The maximum atomic E-state index is 10.9. The first-order valence-electron chi connectivity index (χ1n) is 7.37. The van der Waals surface area contributed by atoms with E-state index in [0.717, 1.165) is 27.7 Å². The number of para-hydroxylation sites is 1. The minimum absolute atomic E-state index is 0.0841. The van der Waals surface area contributed by atoms with Gasteiger partial charge >= 0.3 is 6.03 Å². The maximum absolute atomic E-state index is 10.9. The molecule has 2 aromatic carbocycles. The number of urea groups is 1. The van der Waals surface area contributed by atoms with Gasteiger partial charge in [0.25, 0.3) is 0 Å².